The Balaban J connectivity index is 1.30. The van der Waals surface area contributed by atoms with E-state index < -0.39 is 10.0 Å². The fourth-order valence-corrected chi connectivity index (χ4v) is 6.42. The topological polar surface area (TPSA) is 124 Å². The molecule has 5 rings (SSSR count). The number of anilines is 6. The van der Waals surface area contributed by atoms with Crippen molar-refractivity contribution in [3.05, 3.63) is 53.7 Å². The number of aryl methyl sites for hydroxylation is 1. The second-order valence-electron chi connectivity index (χ2n) is 10.6. The molecular formula is C29H40N8O3S. The van der Waals surface area contributed by atoms with Crippen LogP contribution in [-0.4, -0.2) is 77.6 Å². The first-order chi connectivity index (χ1) is 19.8. The molecule has 0 saturated carbocycles. The minimum absolute atomic E-state index is 0.408. The van der Waals surface area contributed by atoms with E-state index in [9.17, 15) is 8.42 Å². The molecule has 1 saturated heterocycles. The van der Waals surface area contributed by atoms with Crippen molar-refractivity contribution in [2.45, 2.75) is 32.2 Å². The van der Waals surface area contributed by atoms with Crippen LogP contribution in [0.1, 0.15) is 24.0 Å². The minimum atomic E-state index is -3.39. The van der Waals surface area contributed by atoms with Gasteiger partial charge < -0.3 is 30.9 Å². The number of piperidine rings is 1. The summed E-state index contributed by atoms with van der Waals surface area (Å²) in [5.41, 5.74) is 5.09. The lowest BCUT2D eigenvalue weighted by atomic mass is 10.0. The first kappa shape index (κ1) is 28.9. The van der Waals surface area contributed by atoms with Crippen LogP contribution >= 0.6 is 0 Å². The number of nitrogens with one attached hydrogen (secondary N) is 4. The average molecular weight is 581 g/mol. The Morgan fingerprint density at radius 1 is 1.05 bits per heavy atom. The molecule has 0 spiro atoms. The van der Waals surface area contributed by atoms with E-state index in [0.29, 0.717) is 47.9 Å². The lowest BCUT2D eigenvalue weighted by molar-refractivity contribution is 0.410. The number of hydrogen-bond acceptors (Lipinski definition) is 10. The maximum Gasteiger partial charge on any atom is 0.232 e. The summed E-state index contributed by atoms with van der Waals surface area (Å²) in [4.78, 5) is 11.6. The molecule has 4 N–H and O–H groups in total. The van der Waals surface area contributed by atoms with E-state index in [4.69, 9.17) is 9.72 Å². The van der Waals surface area contributed by atoms with Crippen molar-refractivity contribution >= 4 is 44.5 Å². The van der Waals surface area contributed by atoms with Gasteiger partial charge in [0.1, 0.15) is 11.6 Å². The normalized spacial score (nSPS) is 15.6. The number of para-hydroxylation sites is 1. The van der Waals surface area contributed by atoms with E-state index in [1.807, 2.05) is 38.2 Å². The van der Waals surface area contributed by atoms with Crippen molar-refractivity contribution in [3.63, 3.8) is 0 Å². The molecule has 0 unspecified atom stereocenters. The highest BCUT2D eigenvalue weighted by Gasteiger charge is 2.29. The van der Waals surface area contributed by atoms with E-state index in [1.54, 1.807) is 13.3 Å². The molecule has 11 nitrogen and oxygen atoms in total. The van der Waals surface area contributed by atoms with E-state index in [-0.39, 0.29) is 0 Å². The van der Waals surface area contributed by atoms with E-state index in [0.717, 1.165) is 61.5 Å². The molecule has 1 fully saturated rings. The molecular weight excluding hydrogens is 540 g/mol. The van der Waals surface area contributed by atoms with Crippen LogP contribution in [0.4, 0.5) is 34.5 Å². The maximum absolute atomic E-state index is 12.4. The number of methoxy groups -OCH3 is 1. The Kier molecular flexibility index (Phi) is 8.81. The molecule has 0 aliphatic carbocycles. The summed E-state index contributed by atoms with van der Waals surface area (Å²) in [5.74, 6) is 1.71. The number of rotatable bonds is 11. The predicted molar refractivity (Wildman–Crippen MR) is 166 cm³/mol. The van der Waals surface area contributed by atoms with Crippen molar-refractivity contribution in [2.24, 2.45) is 0 Å². The number of likely N-dealkylation sites (N-methyl/N-ethyl adjacent to an activating group) is 1. The molecule has 3 aromatic rings. The Bertz CT molecular complexity index is 1470. The van der Waals surface area contributed by atoms with Gasteiger partial charge in [-0.2, -0.15) is 4.98 Å². The van der Waals surface area contributed by atoms with Gasteiger partial charge in [0.15, 0.2) is 0 Å². The lowest BCUT2D eigenvalue weighted by Gasteiger charge is -2.34. The monoisotopic (exact) mass is 580 g/mol. The number of fused-ring (bicyclic) bond motifs is 1. The lowest BCUT2D eigenvalue weighted by Crippen LogP contribution is -2.44. The molecule has 2 aliphatic rings. The predicted octanol–water partition coefficient (Wildman–Crippen LogP) is 3.38. The van der Waals surface area contributed by atoms with Crippen LogP contribution in [-0.2, 0) is 16.4 Å². The van der Waals surface area contributed by atoms with Crippen LogP contribution in [0.25, 0.3) is 0 Å². The number of hydrogen-bond donors (Lipinski definition) is 4. The Hall–Kier alpha value is -3.61. The summed E-state index contributed by atoms with van der Waals surface area (Å²) >= 11 is 0. The van der Waals surface area contributed by atoms with Gasteiger partial charge in [-0.1, -0.05) is 12.1 Å². The first-order valence-electron chi connectivity index (χ1n) is 14.0. The zero-order chi connectivity index (χ0) is 29.0. The van der Waals surface area contributed by atoms with Gasteiger partial charge in [-0.05, 0) is 57.0 Å². The van der Waals surface area contributed by atoms with Gasteiger partial charge in [-0.15, -0.1) is 0 Å². The SMILES string of the molecule is CNCCNC1CCN(c2ccc(Nc3ncc(C)c(Nc4cccc5c4N(S(C)(=O)=O)CC5)n3)c(OC)c2)CC1. The highest BCUT2D eigenvalue weighted by atomic mass is 32.2. The van der Waals surface area contributed by atoms with Gasteiger partial charge >= 0.3 is 0 Å². The minimum Gasteiger partial charge on any atom is -0.494 e. The molecule has 12 heteroatoms. The van der Waals surface area contributed by atoms with Crippen molar-refractivity contribution in [2.75, 3.05) is 73.0 Å². The maximum atomic E-state index is 12.4. The molecule has 2 aliphatic heterocycles. The number of ether oxygens (including phenoxy) is 1. The quantitative estimate of drug-likeness (QED) is 0.251. The highest BCUT2D eigenvalue weighted by molar-refractivity contribution is 7.92. The summed E-state index contributed by atoms with van der Waals surface area (Å²) < 4.78 is 32.0. The van der Waals surface area contributed by atoms with Crippen molar-refractivity contribution in [3.8, 4) is 5.75 Å². The molecule has 0 radical (unpaired) electrons. The third kappa shape index (κ3) is 6.66. The van der Waals surface area contributed by atoms with Crippen LogP contribution < -0.4 is 35.2 Å². The smallest absolute Gasteiger partial charge is 0.232 e. The first-order valence-corrected chi connectivity index (χ1v) is 15.9. The fourth-order valence-electron chi connectivity index (χ4n) is 5.45. The van der Waals surface area contributed by atoms with Gasteiger partial charge in [-0.25, -0.2) is 13.4 Å². The van der Waals surface area contributed by atoms with Crippen LogP contribution in [0, 0.1) is 6.92 Å². The molecule has 0 bridgehead atoms. The van der Waals surface area contributed by atoms with Crippen LogP contribution in [0.5, 0.6) is 5.75 Å². The summed E-state index contributed by atoms with van der Waals surface area (Å²) in [5, 5.41) is 13.5. The van der Waals surface area contributed by atoms with Crippen molar-refractivity contribution in [1.29, 1.82) is 0 Å². The van der Waals surface area contributed by atoms with Gasteiger partial charge in [0, 0.05) is 62.3 Å². The molecule has 41 heavy (non-hydrogen) atoms. The van der Waals surface area contributed by atoms with Gasteiger partial charge in [0.2, 0.25) is 16.0 Å². The summed E-state index contributed by atoms with van der Waals surface area (Å²) in [6.07, 6.45) is 5.86. The second kappa shape index (κ2) is 12.5. The second-order valence-corrected chi connectivity index (χ2v) is 12.5. The molecule has 0 amide bonds. The van der Waals surface area contributed by atoms with Crippen molar-refractivity contribution < 1.29 is 13.2 Å². The zero-order valence-electron chi connectivity index (χ0n) is 24.2. The molecule has 1 aromatic heterocycles. The number of nitrogens with zero attached hydrogens (tertiary/aromatic N) is 4. The zero-order valence-corrected chi connectivity index (χ0v) is 25.0. The van der Waals surface area contributed by atoms with Gasteiger partial charge in [-0.3, -0.25) is 4.31 Å². The molecule has 0 atom stereocenters. The van der Waals surface area contributed by atoms with Crippen molar-refractivity contribution in [1.82, 2.24) is 20.6 Å². The molecule has 3 heterocycles. The summed E-state index contributed by atoms with van der Waals surface area (Å²) in [6.45, 7) is 6.29. The van der Waals surface area contributed by atoms with Crippen LogP contribution in [0.3, 0.4) is 0 Å². The highest BCUT2D eigenvalue weighted by Crippen LogP contribution is 2.39. The van der Waals surface area contributed by atoms with E-state index in [2.05, 4.69) is 43.3 Å². The van der Waals surface area contributed by atoms with Gasteiger partial charge in [0.25, 0.3) is 0 Å². The third-order valence-electron chi connectivity index (χ3n) is 7.68. The number of benzene rings is 2. The Labute approximate surface area is 242 Å². The average Bonchev–Trinajstić information content (AvgIpc) is 3.42. The standard InChI is InChI=1S/C29H40N8O3S/c1-20-19-32-29(35-28(20)33-25-7-5-6-21-10-17-37(27(21)25)41(4,38)39)34-24-9-8-23(18-26(24)40-3)36-15-11-22(12-16-36)31-14-13-30-2/h5-9,18-19,22,30-31H,10-17H2,1-4H3,(H2,32,33,34,35). The number of aromatic nitrogens is 2. The summed E-state index contributed by atoms with van der Waals surface area (Å²) in [6, 6.07) is 12.5. The van der Waals surface area contributed by atoms with E-state index in [1.165, 1.54) is 10.6 Å². The Morgan fingerprint density at radius 2 is 1.85 bits per heavy atom. The largest absolute Gasteiger partial charge is 0.494 e. The fraction of sp³-hybridized carbons (Fsp3) is 0.448. The van der Waals surface area contributed by atoms with E-state index >= 15 is 0 Å². The third-order valence-corrected chi connectivity index (χ3v) is 8.84. The molecule has 220 valence electrons. The Morgan fingerprint density at radius 3 is 2.59 bits per heavy atom. The molecule has 2 aromatic carbocycles. The number of sulfonamides is 1. The summed E-state index contributed by atoms with van der Waals surface area (Å²) in [7, 11) is 0.245. The van der Waals surface area contributed by atoms with Crippen LogP contribution in [0.2, 0.25) is 0 Å². The van der Waals surface area contributed by atoms with Crippen LogP contribution in [0.15, 0.2) is 42.6 Å². The van der Waals surface area contributed by atoms with Gasteiger partial charge in [0.05, 0.1) is 30.4 Å².